The average Bonchev–Trinajstić information content (AvgIpc) is 2.73. The number of hydrogen-bond acceptors (Lipinski definition) is 3. The normalized spacial score (nSPS) is 9.37. The highest BCUT2D eigenvalue weighted by Crippen LogP contribution is 2.06. The highest BCUT2D eigenvalue weighted by molar-refractivity contribution is 6.00. The van der Waals surface area contributed by atoms with Crippen molar-refractivity contribution in [2.45, 2.75) is 0 Å². The number of carboxylic acid groups (broad SMARTS) is 2. The molecule has 0 bridgehead atoms. The van der Waals surface area contributed by atoms with Crippen molar-refractivity contribution in [1.29, 1.82) is 0 Å². The summed E-state index contributed by atoms with van der Waals surface area (Å²) >= 11 is 0. The second-order valence-corrected chi connectivity index (χ2v) is 3.88. The van der Waals surface area contributed by atoms with E-state index in [0.717, 1.165) is 0 Å². The van der Waals surface area contributed by atoms with Gasteiger partial charge in [-0.1, -0.05) is 18.2 Å². The molecule has 0 aliphatic rings. The van der Waals surface area contributed by atoms with Crippen LogP contribution in [0.1, 0.15) is 20.7 Å². The van der Waals surface area contributed by atoms with Crippen molar-refractivity contribution in [3.8, 4) is 0 Å². The molecule has 19 heavy (non-hydrogen) atoms. The molecule has 1 heterocycles. The predicted molar refractivity (Wildman–Crippen MR) is 64.3 cm³/mol. The highest BCUT2D eigenvalue weighted by Gasteiger charge is 2.08. The van der Waals surface area contributed by atoms with E-state index in [2.05, 4.69) is 0 Å². The Kier molecular flexibility index (Phi) is 4.82. The zero-order valence-electron chi connectivity index (χ0n) is 10.6. The minimum atomic E-state index is -1.48. The standard InChI is InChI=1S/C8H6O4.C5H9N2/c9-7(10)5-3-1-2-4-6(5)8(11)12;1-6-3-4-7(2)5-6/h1-4H,(H,9,10)(H,11,12);3-5H,1-2H3/q;+1/p-1. The number of nitrogens with zero attached hydrogens (tertiary/aromatic N) is 2. The van der Waals surface area contributed by atoms with Crippen LogP contribution in [0.15, 0.2) is 43.0 Å². The van der Waals surface area contributed by atoms with E-state index >= 15 is 0 Å². The van der Waals surface area contributed by atoms with Crippen LogP contribution in [0.2, 0.25) is 0 Å². The summed E-state index contributed by atoms with van der Waals surface area (Å²) in [5.74, 6) is -2.75. The van der Waals surface area contributed by atoms with Gasteiger partial charge in [0.15, 0.2) is 0 Å². The SMILES string of the molecule is Cn1cc[n+](C)c1.O=C([O-])c1ccccc1C(=O)O. The minimum absolute atomic E-state index is 0.252. The lowest BCUT2D eigenvalue weighted by atomic mass is 10.1. The van der Waals surface area contributed by atoms with Gasteiger partial charge in [-0.25, -0.2) is 13.9 Å². The van der Waals surface area contributed by atoms with Crippen LogP contribution in [-0.2, 0) is 14.1 Å². The van der Waals surface area contributed by atoms with E-state index in [1.165, 1.54) is 24.3 Å². The molecule has 100 valence electrons. The fraction of sp³-hybridized carbons (Fsp3) is 0.154. The second kappa shape index (κ2) is 6.34. The van der Waals surface area contributed by atoms with Gasteiger partial charge >= 0.3 is 5.97 Å². The molecule has 6 heteroatoms. The molecule has 0 amide bonds. The number of aromatic carboxylic acids is 2. The quantitative estimate of drug-likeness (QED) is 0.746. The molecular weight excluding hydrogens is 248 g/mol. The Bertz CT molecular complexity index is 540. The van der Waals surface area contributed by atoms with Gasteiger partial charge in [0.2, 0.25) is 6.33 Å². The van der Waals surface area contributed by atoms with Crippen LogP contribution in [0, 0.1) is 0 Å². The van der Waals surface area contributed by atoms with Gasteiger partial charge in [-0.05, 0) is 6.07 Å². The van der Waals surface area contributed by atoms with E-state index in [0.29, 0.717) is 0 Å². The van der Waals surface area contributed by atoms with E-state index in [1.807, 2.05) is 42.0 Å². The first kappa shape index (κ1) is 14.4. The van der Waals surface area contributed by atoms with Gasteiger partial charge in [-0.15, -0.1) is 0 Å². The minimum Gasteiger partial charge on any atom is -0.545 e. The molecule has 0 unspecified atom stereocenters. The molecule has 0 aliphatic carbocycles. The van der Waals surface area contributed by atoms with Crippen molar-refractivity contribution in [1.82, 2.24) is 4.57 Å². The molecule has 0 atom stereocenters. The van der Waals surface area contributed by atoms with Gasteiger partial charge in [0.25, 0.3) is 0 Å². The number of carbonyl (C=O) groups excluding carboxylic acids is 1. The topological polar surface area (TPSA) is 86.2 Å². The molecule has 0 saturated carbocycles. The summed E-state index contributed by atoms with van der Waals surface area (Å²) < 4.78 is 4.00. The molecule has 1 aromatic carbocycles. The van der Waals surface area contributed by atoms with Gasteiger partial charge in [0.1, 0.15) is 12.4 Å². The number of hydrogen-bond donors (Lipinski definition) is 1. The fourth-order valence-corrected chi connectivity index (χ4v) is 1.42. The molecule has 1 aromatic heterocycles. The molecule has 0 fully saturated rings. The Morgan fingerprint density at radius 1 is 1.26 bits per heavy atom. The molecular formula is C13H14N2O4. The van der Waals surface area contributed by atoms with E-state index in [-0.39, 0.29) is 11.1 Å². The van der Waals surface area contributed by atoms with Crippen molar-refractivity contribution in [2.75, 3.05) is 0 Å². The van der Waals surface area contributed by atoms with Crippen LogP contribution in [0.3, 0.4) is 0 Å². The zero-order chi connectivity index (χ0) is 14.4. The number of imidazole rings is 1. The fourth-order valence-electron chi connectivity index (χ4n) is 1.42. The summed E-state index contributed by atoms with van der Waals surface area (Å²) in [6, 6.07) is 5.31. The Morgan fingerprint density at radius 2 is 1.84 bits per heavy atom. The first-order valence-corrected chi connectivity index (χ1v) is 5.42. The summed E-state index contributed by atoms with van der Waals surface area (Å²) in [4.78, 5) is 20.8. The van der Waals surface area contributed by atoms with Crippen LogP contribution < -0.4 is 9.67 Å². The molecule has 0 aliphatic heterocycles. The maximum Gasteiger partial charge on any atom is 0.336 e. The lowest BCUT2D eigenvalue weighted by Crippen LogP contribution is -2.24. The number of carboxylic acids is 2. The van der Waals surface area contributed by atoms with E-state index in [4.69, 9.17) is 5.11 Å². The number of rotatable bonds is 2. The summed E-state index contributed by atoms with van der Waals surface area (Å²) in [7, 11) is 4.00. The van der Waals surface area contributed by atoms with E-state index in [1.54, 1.807) is 0 Å². The summed E-state index contributed by atoms with van der Waals surface area (Å²) in [5.41, 5.74) is -0.553. The Balaban J connectivity index is 0.000000218. The molecule has 1 N–H and O–H groups in total. The Hall–Kier alpha value is -2.63. The smallest absolute Gasteiger partial charge is 0.336 e. The highest BCUT2D eigenvalue weighted by atomic mass is 16.4. The van der Waals surface area contributed by atoms with Gasteiger partial charge in [0.05, 0.1) is 25.6 Å². The van der Waals surface area contributed by atoms with Crippen molar-refractivity contribution in [3.05, 3.63) is 54.1 Å². The first-order valence-electron chi connectivity index (χ1n) is 5.42. The van der Waals surface area contributed by atoms with Gasteiger partial charge < -0.3 is 15.0 Å². The summed E-state index contributed by atoms with van der Waals surface area (Å²) in [6.45, 7) is 0. The maximum atomic E-state index is 10.4. The van der Waals surface area contributed by atoms with Crippen LogP contribution in [0.5, 0.6) is 0 Å². The number of aromatic nitrogens is 2. The number of aryl methyl sites for hydroxylation is 2. The molecule has 0 radical (unpaired) electrons. The largest absolute Gasteiger partial charge is 0.545 e. The van der Waals surface area contributed by atoms with Gasteiger partial charge in [-0.2, -0.15) is 0 Å². The van der Waals surface area contributed by atoms with Crippen molar-refractivity contribution >= 4 is 11.9 Å². The third-order valence-electron chi connectivity index (χ3n) is 2.28. The van der Waals surface area contributed by atoms with E-state index in [9.17, 15) is 14.7 Å². The van der Waals surface area contributed by atoms with Gasteiger partial charge in [-0.3, -0.25) is 0 Å². The van der Waals surface area contributed by atoms with Crippen LogP contribution in [0.25, 0.3) is 0 Å². The maximum absolute atomic E-state index is 10.4. The van der Waals surface area contributed by atoms with Crippen molar-refractivity contribution in [2.24, 2.45) is 14.1 Å². The third-order valence-corrected chi connectivity index (χ3v) is 2.28. The average molecular weight is 262 g/mol. The predicted octanol–water partition coefficient (Wildman–Crippen LogP) is -0.402. The number of carbonyl (C=O) groups is 2. The molecule has 2 aromatic rings. The zero-order valence-corrected chi connectivity index (χ0v) is 10.6. The second-order valence-electron chi connectivity index (χ2n) is 3.88. The van der Waals surface area contributed by atoms with Crippen molar-refractivity contribution < 1.29 is 24.4 Å². The molecule has 0 spiro atoms. The van der Waals surface area contributed by atoms with Gasteiger partial charge in [0, 0.05) is 5.56 Å². The summed E-state index contributed by atoms with van der Waals surface area (Å²) in [6.07, 6.45) is 6.00. The van der Waals surface area contributed by atoms with Crippen LogP contribution in [-0.4, -0.2) is 21.6 Å². The number of benzene rings is 1. The molecule has 2 rings (SSSR count). The molecule has 0 saturated heterocycles. The third kappa shape index (κ3) is 4.27. The lowest BCUT2D eigenvalue weighted by Gasteiger charge is -2.04. The van der Waals surface area contributed by atoms with Crippen LogP contribution >= 0.6 is 0 Å². The molecule has 6 nitrogen and oxygen atoms in total. The first-order chi connectivity index (χ1) is 8.91. The summed E-state index contributed by atoms with van der Waals surface area (Å²) in [5, 5.41) is 18.9. The van der Waals surface area contributed by atoms with E-state index < -0.39 is 11.9 Å². The van der Waals surface area contributed by atoms with Crippen molar-refractivity contribution in [3.63, 3.8) is 0 Å². The van der Waals surface area contributed by atoms with Crippen LogP contribution in [0.4, 0.5) is 0 Å². The Labute approximate surface area is 110 Å². The lowest BCUT2D eigenvalue weighted by molar-refractivity contribution is -0.670. The Morgan fingerprint density at radius 3 is 2.11 bits per heavy atom. The monoisotopic (exact) mass is 262 g/mol.